The van der Waals surface area contributed by atoms with Crippen molar-refractivity contribution in [3.8, 4) is 0 Å². The van der Waals surface area contributed by atoms with Crippen molar-refractivity contribution in [2.24, 2.45) is 5.92 Å². The number of carboxylic acids is 1. The molecule has 1 aromatic heterocycles. The van der Waals surface area contributed by atoms with Crippen molar-refractivity contribution in [2.75, 3.05) is 6.54 Å². The van der Waals surface area contributed by atoms with Gasteiger partial charge in [0.25, 0.3) is 0 Å². The summed E-state index contributed by atoms with van der Waals surface area (Å²) in [5.41, 5.74) is 0. The maximum Gasteiger partial charge on any atom is 0.308 e. The van der Waals surface area contributed by atoms with E-state index in [1.165, 1.54) is 0 Å². The second-order valence-electron chi connectivity index (χ2n) is 5.20. The van der Waals surface area contributed by atoms with Crippen LogP contribution >= 0.6 is 11.3 Å². The number of carboxylic acid groups (broad SMARTS) is 1. The van der Waals surface area contributed by atoms with Gasteiger partial charge in [-0.3, -0.25) is 9.59 Å². The van der Waals surface area contributed by atoms with E-state index in [9.17, 15) is 9.59 Å². The van der Waals surface area contributed by atoms with Crippen LogP contribution in [0.15, 0.2) is 17.5 Å². The molecular weight excluding hydrogens is 262 g/mol. The van der Waals surface area contributed by atoms with Gasteiger partial charge in [-0.1, -0.05) is 13.0 Å². The van der Waals surface area contributed by atoms with Gasteiger partial charge in [-0.15, -0.1) is 11.3 Å². The van der Waals surface area contributed by atoms with Crippen molar-refractivity contribution < 1.29 is 14.7 Å². The molecule has 1 aliphatic carbocycles. The molecule has 1 amide bonds. The summed E-state index contributed by atoms with van der Waals surface area (Å²) in [5.74, 6) is -1.48. The average molecular weight is 281 g/mol. The van der Waals surface area contributed by atoms with Crippen molar-refractivity contribution in [1.29, 1.82) is 0 Å². The van der Waals surface area contributed by atoms with Gasteiger partial charge in [-0.05, 0) is 31.2 Å². The molecule has 1 saturated carbocycles. The van der Waals surface area contributed by atoms with Crippen LogP contribution in [0.2, 0.25) is 0 Å². The number of amides is 1. The Morgan fingerprint density at radius 1 is 1.47 bits per heavy atom. The van der Waals surface area contributed by atoms with Crippen LogP contribution in [-0.2, 0) is 9.59 Å². The summed E-state index contributed by atoms with van der Waals surface area (Å²) in [5, 5.41) is 11.0. The highest BCUT2D eigenvalue weighted by molar-refractivity contribution is 7.10. The minimum Gasteiger partial charge on any atom is -0.481 e. The van der Waals surface area contributed by atoms with Gasteiger partial charge in [0.1, 0.15) is 0 Å². The van der Waals surface area contributed by atoms with Gasteiger partial charge in [0.2, 0.25) is 5.91 Å². The van der Waals surface area contributed by atoms with E-state index in [0.717, 1.165) is 17.7 Å². The maximum atomic E-state index is 12.5. The maximum absolute atomic E-state index is 12.5. The van der Waals surface area contributed by atoms with Crippen LogP contribution in [0.4, 0.5) is 0 Å². The molecule has 0 aliphatic heterocycles. The Kier molecular flexibility index (Phi) is 4.24. The van der Waals surface area contributed by atoms with Gasteiger partial charge in [0, 0.05) is 17.5 Å². The van der Waals surface area contributed by atoms with Crippen molar-refractivity contribution in [2.45, 2.75) is 38.6 Å². The first-order valence-electron chi connectivity index (χ1n) is 6.57. The Balaban J connectivity index is 2.06. The second kappa shape index (κ2) is 5.74. The van der Waals surface area contributed by atoms with E-state index in [1.807, 2.05) is 24.4 Å². The molecule has 2 atom stereocenters. The molecule has 0 unspecified atom stereocenters. The SMILES string of the molecule is C[C@@H](CN(C(=O)[C@H](C)c1cccs1)C1CC1)C(=O)O. The predicted octanol–water partition coefficient (Wildman–Crippen LogP) is 2.56. The minimum absolute atomic E-state index is 0.0538. The fourth-order valence-electron chi connectivity index (χ4n) is 2.09. The van der Waals surface area contributed by atoms with Crippen LogP contribution in [0, 0.1) is 5.92 Å². The van der Waals surface area contributed by atoms with E-state index < -0.39 is 11.9 Å². The number of carbonyl (C=O) groups excluding carboxylic acids is 1. The molecule has 1 heterocycles. The number of rotatable bonds is 6. The van der Waals surface area contributed by atoms with Crippen LogP contribution in [0.25, 0.3) is 0 Å². The first-order chi connectivity index (χ1) is 9.00. The molecule has 2 rings (SSSR count). The molecule has 1 aromatic rings. The van der Waals surface area contributed by atoms with Crippen molar-refractivity contribution >= 4 is 23.2 Å². The Hall–Kier alpha value is -1.36. The molecule has 0 bridgehead atoms. The number of carbonyl (C=O) groups is 2. The lowest BCUT2D eigenvalue weighted by molar-refractivity contribution is -0.143. The summed E-state index contributed by atoms with van der Waals surface area (Å²) in [6.45, 7) is 3.87. The third kappa shape index (κ3) is 3.35. The highest BCUT2D eigenvalue weighted by Crippen LogP contribution is 2.32. The molecule has 1 aliphatic rings. The number of nitrogens with zero attached hydrogens (tertiary/aromatic N) is 1. The molecule has 19 heavy (non-hydrogen) atoms. The van der Waals surface area contributed by atoms with Gasteiger partial charge < -0.3 is 10.0 Å². The molecule has 0 radical (unpaired) electrons. The number of aliphatic carboxylic acids is 1. The number of hydrogen-bond acceptors (Lipinski definition) is 3. The van der Waals surface area contributed by atoms with E-state index in [-0.39, 0.29) is 17.9 Å². The number of thiophene rings is 1. The van der Waals surface area contributed by atoms with Crippen LogP contribution in [-0.4, -0.2) is 34.5 Å². The zero-order chi connectivity index (χ0) is 14.0. The Morgan fingerprint density at radius 2 is 2.16 bits per heavy atom. The molecule has 0 saturated heterocycles. The highest BCUT2D eigenvalue weighted by Gasteiger charge is 2.36. The summed E-state index contributed by atoms with van der Waals surface area (Å²) in [7, 11) is 0. The smallest absolute Gasteiger partial charge is 0.308 e. The third-order valence-corrected chi connectivity index (χ3v) is 4.56. The van der Waals surface area contributed by atoms with E-state index in [4.69, 9.17) is 5.11 Å². The molecule has 5 heteroatoms. The Morgan fingerprint density at radius 3 is 2.63 bits per heavy atom. The standard InChI is InChI=1S/C14H19NO3S/c1-9(14(17)18)8-15(11-5-6-11)13(16)10(2)12-4-3-7-19-12/h3-4,7,9-11H,5-6,8H2,1-2H3,(H,17,18)/t9-,10+/m0/s1. The highest BCUT2D eigenvalue weighted by atomic mass is 32.1. The summed E-state index contributed by atoms with van der Waals surface area (Å²) >= 11 is 1.57. The second-order valence-corrected chi connectivity index (χ2v) is 6.18. The monoisotopic (exact) mass is 281 g/mol. The zero-order valence-corrected chi connectivity index (χ0v) is 12.0. The molecule has 104 valence electrons. The fourth-order valence-corrected chi connectivity index (χ4v) is 2.86. The molecular formula is C14H19NO3S. The normalized spacial score (nSPS) is 17.8. The third-order valence-electron chi connectivity index (χ3n) is 3.50. The van der Waals surface area contributed by atoms with Gasteiger partial charge in [0.15, 0.2) is 0 Å². The summed E-state index contributed by atoms with van der Waals surface area (Å²) < 4.78 is 0. The van der Waals surface area contributed by atoms with E-state index in [0.29, 0.717) is 6.54 Å². The van der Waals surface area contributed by atoms with Crippen LogP contribution in [0.3, 0.4) is 0 Å². The molecule has 1 fully saturated rings. The molecule has 4 nitrogen and oxygen atoms in total. The Labute approximate surface area is 117 Å². The predicted molar refractivity (Wildman–Crippen MR) is 74.3 cm³/mol. The molecule has 0 aromatic carbocycles. The Bertz CT molecular complexity index is 453. The first kappa shape index (κ1) is 14.1. The summed E-state index contributed by atoms with van der Waals surface area (Å²) in [6, 6.07) is 4.14. The van der Waals surface area contributed by atoms with Gasteiger partial charge in [-0.2, -0.15) is 0 Å². The summed E-state index contributed by atoms with van der Waals surface area (Å²) in [6.07, 6.45) is 1.99. The van der Waals surface area contributed by atoms with Crippen molar-refractivity contribution in [1.82, 2.24) is 4.90 Å². The van der Waals surface area contributed by atoms with E-state index in [2.05, 4.69) is 0 Å². The largest absolute Gasteiger partial charge is 0.481 e. The lowest BCUT2D eigenvalue weighted by Crippen LogP contribution is -2.40. The summed E-state index contributed by atoms with van der Waals surface area (Å²) in [4.78, 5) is 26.3. The van der Waals surface area contributed by atoms with Crippen LogP contribution < -0.4 is 0 Å². The quantitative estimate of drug-likeness (QED) is 0.872. The molecule has 1 N–H and O–H groups in total. The van der Waals surface area contributed by atoms with Gasteiger partial charge in [-0.25, -0.2) is 0 Å². The fraction of sp³-hybridized carbons (Fsp3) is 0.571. The van der Waals surface area contributed by atoms with Crippen LogP contribution in [0.5, 0.6) is 0 Å². The lowest BCUT2D eigenvalue weighted by Gasteiger charge is -2.27. The molecule has 0 spiro atoms. The van der Waals surface area contributed by atoms with Crippen LogP contribution in [0.1, 0.15) is 37.5 Å². The average Bonchev–Trinajstić information content (AvgIpc) is 3.07. The van der Waals surface area contributed by atoms with Crippen molar-refractivity contribution in [3.05, 3.63) is 22.4 Å². The van der Waals surface area contributed by atoms with Gasteiger partial charge >= 0.3 is 5.97 Å². The van der Waals surface area contributed by atoms with E-state index in [1.54, 1.807) is 23.2 Å². The van der Waals surface area contributed by atoms with E-state index >= 15 is 0 Å². The van der Waals surface area contributed by atoms with Gasteiger partial charge in [0.05, 0.1) is 11.8 Å². The van der Waals surface area contributed by atoms with Crippen molar-refractivity contribution in [3.63, 3.8) is 0 Å². The first-order valence-corrected chi connectivity index (χ1v) is 7.45. The minimum atomic E-state index is -0.845. The lowest BCUT2D eigenvalue weighted by atomic mass is 10.1. The topological polar surface area (TPSA) is 57.6 Å². The zero-order valence-electron chi connectivity index (χ0n) is 11.2. The number of hydrogen-bond donors (Lipinski definition) is 1.